The molecule has 0 amide bonds. The first-order valence-electron chi connectivity index (χ1n) is 9.89. The Balaban J connectivity index is 1.65. The van der Waals surface area contributed by atoms with Crippen molar-refractivity contribution in [2.24, 2.45) is 0 Å². The van der Waals surface area contributed by atoms with E-state index >= 15 is 0 Å². The average Bonchev–Trinajstić information content (AvgIpc) is 3.49. The van der Waals surface area contributed by atoms with E-state index in [4.69, 9.17) is 0 Å². The monoisotopic (exact) mass is 421 g/mol. The molecule has 3 atom stereocenters. The van der Waals surface area contributed by atoms with Crippen LogP contribution in [0.25, 0.3) is 0 Å². The van der Waals surface area contributed by atoms with Gasteiger partial charge in [-0.1, -0.05) is 30.3 Å². The molecule has 1 aliphatic heterocycles. The van der Waals surface area contributed by atoms with Gasteiger partial charge in [-0.3, -0.25) is 0 Å². The van der Waals surface area contributed by atoms with Gasteiger partial charge >= 0.3 is 0 Å². The molecule has 0 spiro atoms. The van der Waals surface area contributed by atoms with Crippen LogP contribution in [0, 0.1) is 11.6 Å². The molecule has 2 fully saturated rings. The fourth-order valence-electron chi connectivity index (χ4n) is 4.34. The predicted octanol–water partition coefficient (Wildman–Crippen LogP) is 3.05. The molecule has 0 bridgehead atoms. The first-order chi connectivity index (χ1) is 13.8. The van der Waals surface area contributed by atoms with Crippen LogP contribution in [-0.4, -0.2) is 38.0 Å². The maximum atomic E-state index is 14.8. The van der Waals surface area contributed by atoms with E-state index in [1.54, 1.807) is 31.2 Å². The molecule has 4 rings (SSSR count). The van der Waals surface area contributed by atoms with Crippen LogP contribution >= 0.6 is 0 Å². The average molecular weight is 422 g/mol. The molecule has 0 radical (unpaired) electrons. The molecule has 1 saturated carbocycles. The summed E-state index contributed by atoms with van der Waals surface area (Å²) in [5, 5.41) is 11.1. The zero-order valence-electron chi connectivity index (χ0n) is 16.2. The third kappa shape index (κ3) is 3.60. The summed E-state index contributed by atoms with van der Waals surface area (Å²) < 4.78 is 56.1. The van der Waals surface area contributed by atoms with Crippen LogP contribution in [0.2, 0.25) is 0 Å². The summed E-state index contributed by atoms with van der Waals surface area (Å²) in [6.45, 7) is 1.83. The smallest absolute Gasteiger partial charge is 0.163 e. The second kappa shape index (κ2) is 7.45. The lowest BCUT2D eigenvalue weighted by Crippen LogP contribution is -2.53. The van der Waals surface area contributed by atoms with Gasteiger partial charge in [0, 0.05) is 18.0 Å². The Morgan fingerprint density at radius 2 is 1.83 bits per heavy atom. The fourth-order valence-corrected chi connectivity index (χ4v) is 6.70. The molecule has 7 heteroatoms. The zero-order valence-corrected chi connectivity index (χ0v) is 17.1. The van der Waals surface area contributed by atoms with E-state index in [1.165, 1.54) is 0 Å². The van der Waals surface area contributed by atoms with Crippen molar-refractivity contribution in [3.8, 4) is 0 Å². The molecule has 1 aliphatic carbocycles. The van der Waals surface area contributed by atoms with Crippen molar-refractivity contribution < 1.29 is 22.3 Å². The molecule has 1 unspecified atom stereocenters. The van der Waals surface area contributed by atoms with Crippen LogP contribution in [0.3, 0.4) is 0 Å². The van der Waals surface area contributed by atoms with Gasteiger partial charge in [0.2, 0.25) is 0 Å². The van der Waals surface area contributed by atoms with Crippen molar-refractivity contribution in [2.45, 2.75) is 48.1 Å². The topological polar surface area (TPSA) is 66.4 Å². The number of aliphatic hydroxyl groups is 1. The molecule has 2 aromatic carbocycles. The first kappa shape index (κ1) is 20.4. The van der Waals surface area contributed by atoms with Crippen molar-refractivity contribution in [2.75, 3.05) is 13.2 Å². The molecule has 2 aliphatic rings. The largest absolute Gasteiger partial charge is 0.395 e. The maximum absolute atomic E-state index is 14.8. The second-order valence-corrected chi connectivity index (χ2v) is 10.6. The third-order valence-electron chi connectivity index (χ3n) is 6.46. The molecule has 29 heavy (non-hydrogen) atoms. The number of nitrogens with one attached hydrogen (secondary N) is 1. The molecule has 1 saturated heterocycles. The first-order valence-corrected chi connectivity index (χ1v) is 11.5. The Kier molecular flexibility index (Phi) is 5.25. The molecule has 0 aromatic heterocycles. The number of benzene rings is 2. The van der Waals surface area contributed by atoms with Gasteiger partial charge in [0.25, 0.3) is 0 Å². The highest BCUT2D eigenvalue weighted by molar-refractivity contribution is 7.92. The fraction of sp³-hybridized carbons (Fsp3) is 0.455. The van der Waals surface area contributed by atoms with E-state index in [0.29, 0.717) is 24.9 Å². The summed E-state index contributed by atoms with van der Waals surface area (Å²) in [6.07, 6.45) is 1.14. The Morgan fingerprint density at radius 3 is 2.45 bits per heavy atom. The van der Waals surface area contributed by atoms with Gasteiger partial charge in [0.05, 0.1) is 17.1 Å². The Labute approximate surface area is 169 Å². The van der Waals surface area contributed by atoms with Gasteiger partial charge in [-0.05, 0) is 55.0 Å². The van der Waals surface area contributed by atoms with E-state index in [1.807, 2.05) is 6.07 Å². The van der Waals surface area contributed by atoms with E-state index in [0.717, 1.165) is 12.1 Å². The highest BCUT2D eigenvalue weighted by atomic mass is 32.2. The van der Waals surface area contributed by atoms with Crippen molar-refractivity contribution in [1.29, 1.82) is 0 Å². The Hall–Kier alpha value is -1.83. The number of hydrogen-bond acceptors (Lipinski definition) is 4. The summed E-state index contributed by atoms with van der Waals surface area (Å²) in [5.74, 6) is -1.20. The molecular formula is C22H25F2NO3S. The summed E-state index contributed by atoms with van der Waals surface area (Å²) in [6, 6.07) is 10.8. The van der Waals surface area contributed by atoms with Gasteiger partial charge in [0.15, 0.2) is 9.84 Å². The molecule has 4 nitrogen and oxygen atoms in total. The number of sulfone groups is 1. The maximum Gasteiger partial charge on any atom is 0.163 e. The second-order valence-electron chi connectivity index (χ2n) is 8.29. The normalized spacial score (nSPS) is 27.5. The molecule has 2 N–H and O–H groups in total. The molecule has 1 heterocycles. The highest BCUT2D eigenvalue weighted by Gasteiger charge is 2.46. The van der Waals surface area contributed by atoms with E-state index < -0.39 is 37.4 Å². The molecular weight excluding hydrogens is 396 g/mol. The zero-order chi connectivity index (χ0) is 20.8. The number of hydrogen-bond donors (Lipinski definition) is 2. The Bertz CT molecular complexity index is 1010. The summed E-state index contributed by atoms with van der Waals surface area (Å²) >= 11 is 0. The molecule has 156 valence electrons. The minimum Gasteiger partial charge on any atom is -0.395 e. The lowest BCUT2D eigenvalue weighted by Gasteiger charge is -2.35. The van der Waals surface area contributed by atoms with Crippen LogP contribution in [0.1, 0.15) is 41.7 Å². The Morgan fingerprint density at radius 1 is 1.14 bits per heavy atom. The number of rotatable bonds is 5. The quantitative estimate of drug-likeness (QED) is 0.779. The summed E-state index contributed by atoms with van der Waals surface area (Å²) in [7, 11) is -3.62. The van der Waals surface area contributed by atoms with Crippen LogP contribution < -0.4 is 5.32 Å². The van der Waals surface area contributed by atoms with Crippen LogP contribution in [0.5, 0.6) is 0 Å². The summed E-state index contributed by atoms with van der Waals surface area (Å²) in [5.41, 5.74) is 0.239. The van der Waals surface area contributed by atoms with Gasteiger partial charge in [-0.25, -0.2) is 17.2 Å². The molecule has 2 aromatic rings. The van der Waals surface area contributed by atoms with Crippen molar-refractivity contribution in [3.05, 3.63) is 70.8 Å². The van der Waals surface area contributed by atoms with Crippen molar-refractivity contribution >= 4 is 9.84 Å². The van der Waals surface area contributed by atoms with Gasteiger partial charge in [0.1, 0.15) is 11.6 Å². The van der Waals surface area contributed by atoms with Crippen molar-refractivity contribution in [1.82, 2.24) is 5.32 Å². The lowest BCUT2D eigenvalue weighted by molar-refractivity contribution is 0.251. The van der Waals surface area contributed by atoms with Gasteiger partial charge in [-0.2, -0.15) is 0 Å². The minimum atomic E-state index is -3.62. The van der Waals surface area contributed by atoms with Crippen LogP contribution in [0.15, 0.2) is 42.5 Å². The predicted molar refractivity (Wildman–Crippen MR) is 107 cm³/mol. The number of aliphatic hydroxyl groups excluding tert-OH is 1. The van der Waals surface area contributed by atoms with E-state index in [2.05, 4.69) is 5.32 Å². The van der Waals surface area contributed by atoms with Crippen LogP contribution in [0.4, 0.5) is 8.78 Å². The van der Waals surface area contributed by atoms with E-state index in [-0.39, 0.29) is 30.2 Å². The van der Waals surface area contributed by atoms with Crippen molar-refractivity contribution in [3.63, 3.8) is 0 Å². The third-order valence-corrected chi connectivity index (χ3v) is 9.11. The van der Waals surface area contributed by atoms with E-state index in [9.17, 15) is 22.3 Å². The standard InChI is InChI=1S/C22H25F2NO3S/c1-14-20(29(27,28)21(12-25-14)15-5-3-2-4-6-15)10-16-9-19(24)17(11-18(16)23)22(13-26)7-8-22/h2-6,9,11,14,20-21,25-26H,7-8,10,12-13H2,1H3/t14-,20?,21-/m0/s1. The van der Waals surface area contributed by atoms with Gasteiger partial charge in [-0.15, -0.1) is 0 Å². The lowest BCUT2D eigenvalue weighted by atomic mass is 9.93. The number of halogens is 2. The SMILES string of the molecule is C[C@@H]1NC[C@@H](c2ccccc2)S(=O)(=O)C1Cc1cc(F)c(C2(CO)CC2)cc1F. The van der Waals surface area contributed by atoms with Crippen LogP contribution in [-0.2, 0) is 21.7 Å². The van der Waals surface area contributed by atoms with Gasteiger partial charge < -0.3 is 10.4 Å². The highest BCUT2D eigenvalue weighted by Crippen LogP contribution is 2.49. The minimum absolute atomic E-state index is 0.0518. The summed E-state index contributed by atoms with van der Waals surface area (Å²) in [4.78, 5) is 0.